The van der Waals surface area contributed by atoms with Crippen LogP contribution in [0.15, 0.2) is 28.8 Å². The smallest absolute Gasteiger partial charge is 0.270 e. The Morgan fingerprint density at radius 1 is 1.32 bits per heavy atom. The van der Waals surface area contributed by atoms with Gasteiger partial charge in [-0.2, -0.15) is 0 Å². The van der Waals surface area contributed by atoms with Crippen LogP contribution in [0.1, 0.15) is 51.3 Å². The van der Waals surface area contributed by atoms with Gasteiger partial charge in [-0.1, -0.05) is 17.0 Å². The topological polar surface area (TPSA) is 155 Å². The van der Waals surface area contributed by atoms with Gasteiger partial charge in [-0.05, 0) is 38.5 Å². The summed E-state index contributed by atoms with van der Waals surface area (Å²) in [5.74, 6) is 6.22. The number of carbonyl (C=O) groups excluding carboxylic acids is 2. The Bertz CT molecular complexity index is 1420. The van der Waals surface area contributed by atoms with Crippen molar-refractivity contribution in [3.05, 3.63) is 52.7 Å². The summed E-state index contributed by atoms with van der Waals surface area (Å²) in [6.45, 7) is 5.49. The van der Waals surface area contributed by atoms with Crippen LogP contribution in [0.5, 0.6) is 5.75 Å². The Hall–Kier alpha value is -4.14. The number of benzene rings is 1. The van der Waals surface area contributed by atoms with Gasteiger partial charge in [0.1, 0.15) is 35.3 Å². The molecule has 1 fully saturated rings. The second-order valence-corrected chi connectivity index (χ2v) is 9.29. The Kier molecular flexibility index (Phi) is 6.45. The molecule has 0 radical (unpaired) electrons. The molecular formula is C26H27N5O6. The molecule has 192 valence electrons. The molecule has 5 rings (SSSR count). The lowest BCUT2D eigenvalue weighted by Gasteiger charge is -2.12. The molecule has 2 aliphatic heterocycles. The molecule has 2 aliphatic rings. The maximum atomic E-state index is 13.2. The zero-order valence-corrected chi connectivity index (χ0v) is 20.5. The summed E-state index contributed by atoms with van der Waals surface area (Å²) in [6.07, 6.45) is 0.863. The molecule has 1 aromatic carbocycles. The molecule has 11 nitrogen and oxygen atoms in total. The molecule has 11 heteroatoms. The first-order valence-electron chi connectivity index (χ1n) is 12.0. The third-order valence-electron chi connectivity index (χ3n) is 6.36. The Labute approximate surface area is 212 Å². The van der Waals surface area contributed by atoms with E-state index in [1.165, 1.54) is 6.92 Å². The van der Waals surface area contributed by atoms with E-state index < -0.39 is 17.4 Å². The molecule has 0 bridgehead atoms. The number of aryl methyl sites for hydroxylation is 1. The van der Waals surface area contributed by atoms with E-state index in [1.54, 1.807) is 35.8 Å². The number of hydrogen-bond acceptors (Lipinski definition) is 8. The minimum absolute atomic E-state index is 0.0960. The summed E-state index contributed by atoms with van der Waals surface area (Å²) >= 11 is 0. The number of carbonyl (C=O) groups is 2. The number of primary amides is 1. The molecule has 2 atom stereocenters. The number of aliphatic hydroxyl groups is 1. The number of hydrogen-bond donors (Lipinski definition) is 3. The van der Waals surface area contributed by atoms with Crippen LogP contribution in [0.25, 0.3) is 11.4 Å². The van der Waals surface area contributed by atoms with E-state index in [1.807, 2.05) is 0 Å². The zero-order chi connectivity index (χ0) is 26.2. The van der Waals surface area contributed by atoms with Crippen LogP contribution in [0.4, 0.5) is 0 Å². The number of amides is 2. The highest BCUT2D eigenvalue weighted by Gasteiger charge is 2.30. The second-order valence-electron chi connectivity index (χ2n) is 9.29. The van der Waals surface area contributed by atoms with E-state index in [2.05, 4.69) is 27.3 Å². The third kappa shape index (κ3) is 4.94. The van der Waals surface area contributed by atoms with Crippen molar-refractivity contribution >= 4 is 11.8 Å². The van der Waals surface area contributed by atoms with Gasteiger partial charge in [0.25, 0.3) is 11.8 Å². The maximum Gasteiger partial charge on any atom is 0.270 e. The lowest BCUT2D eigenvalue weighted by atomic mass is 10.0. The fourth-order valence-electron chi connectivity index (χ4n) is 4.35. The van der Waals surface area contributed by atoms with Crippen molar-refractivity contribution < 1.29 is 28.7 Å². The fourth-order valence-corrected chi connectivity index (χ4v) is 4.35. The third-order valence-corrected chi connectivity index (χ3v) is 6.36. The van der Waals surface area contributed by atoms with Gasteiger partial charge in [0.15, 0.2) is 11.3 Å². The molecule has 4 heterocycles. The molecular weight excluding hydrogens is 478 g/mol. The SMILES string of the molecule is Cc1cc([C@](C)(O)C#Cc2ccc3c(c2)-c2nc(C(N)=O)c(C(=O)NC[C@H]4CCOC4)n2CCO3)no1. The summed E-state index contributed by atoms with van der Waals surface area (Å²) in [6, 6.07) is 6.84. The van der Waals surface area contributed by atoms with E-state index >= 15 is 0 Å². The highest BCUT2D eigenvalue weighted by molar-refractivity contribution is 6.05. The normalized spacial score (nSPS) is 17.9. The number of nitrogens with two attached hydrogens (primary N) is 1. The minimum atomic E-state index is -1.53. The van der Waals surface area contributed by atoms with Crippen molar-refractivity contribution in [1.29, 1.82) is 0 Å². The summed E-state index contributed by atoms with van der Waals surface area (Å²) in [4.78, 5) is 29.9. The monoisotopic (exact) mass is 505 g/mol. The Balaban J connectivity index is 1.50. The van der Waals surface area contributed by atoms with Crippen LogP contribution in [0.3, 0.4) is 0 Å². The number of nitrogens with one attached hydrogen (secondary N) is 1. The van der Waals surface area contributed by atoms with Gasteiger partial charge in [0.05, 0.1) is 18.7 Å². The van der Waals surface area contributed by atoms with Crippen LogP contribution in [-0.4, -0.2) is 58.0 Å². The largest absolute Gasteiger partial charge is 0.491 e. The van der Waals surface area contributed by atoms with Crippen molar-refractivity contribution in [3.8, 4) is 29.0 Å². The maximum absolute atomic E-state index is 13.2. The minimum Gasteiger partial charge on any atom is -0.491 e. The van der Waals surface area contributed by atoms with Gasteiger partial charge in [0.2, 0.25) is 0 Å². The number of rotatable bonds is 5. The molecule has 0 saturated carbocycles. The molecule has 2 amide bonds. The van der Waals surface area contributed by atoms with Gasteiger partial charge in [-0.15, -0.1) is 0 Å². The van der Waals surface area contributed by atoms with E-state index in [4.69, 9.17) is 19.7 Å². The van der Waals surface area contributed by atoms with Gasteiger partial charge in [-0.3, -0.25) is 9.59 Å². The molecule has 1 saturated heterocycles. The van der Waals surface area contributed by atoms with Crippen LogP contribution in [0, 0.1) is 24.7 Å². The molecule has 2 aromatic heterocycles. The Morgan fingerprint density at radius 2 is 2.16 bits per heavy atom. The number of aromatic nitrogens is 3. The number of nitrogens with zero attached hydrogens (tertiary/aromatic N) is 3. The van der Waals surface area contributed by atoms with Crippen LogP contribution >= 0.6 is 0 Å². The Morgan fingerprint density at radius 3 is 2.86 bits per heavy atom. The predicted octanol–water partition coefficient (Wildman–Crippen LogP) is 1.36. The quantitative estimate of drug-likeness (QED) is 0.439. The predicted molar refractivity (Wildman–Crippen MR) is 131 cm³/mol. The standard InChI is InChI=1S/C26H27N5O6/c1-15-11-20(30-37-15)26(2,34)7-5-16-3-4-19-18(12-16)24-29-21(23(27)32)22(31(24)8-10-36-19)25(33)28-13-17-6-9-35-14-17/h3-4,11-12,17,34H,6,8-10,13-14H2,1-2H3,(H2,27,32)(H,28,33)/t17-,26-/m1/s1. The average Bonchev–Trinajstić information content (AvgIpc) is 3.60. The van der Waals surface area contributed by atoms with Crippen molar-refractivity contribution in [2.75, 3.05) is 26.4 Å². The highest BCUT2D eigenvalue weighted by atomic mass is 16.5. The van der Waals surface area contributed by atoms with Crippen molar-refractivity contribution in [2.45, 2.75) is 32.4 Å². The second kappa shape index (κ2) is 9.72. The fraction of sp³-hybridized carbons (Fsp3) is 0.385. The van der Waals surface area contributed by atoms with Crippen molar-refractivity contribution in [2.24, 2.45) is 11.7 Å². The van der Waals surface area contributed by atoms with Crippen LogP contribution in [-0.2, 0) is 16.9 Å². The summed E-state index contributed by atoms with van der Waals surface area (Å²) in [5.41, 5.74) is 5.48. The van der Waals surface area contributed by atoms with Gasteiger partial charge < -0.3 is 34.7 Å². The van der Waals surface area contributed by atoms with Gasteiger partial charge in [-0.25, -0.2) is 4.98 Å². The molecule has 0 spiro atoms. The molecule has 0 aliphatic carbocycles. The number of ether oxygens (including phenoxy) is 2. The molecule has 0 unspecified atom stereocenters. The summed E-state index contributed by atoms with van der Waals surface area (Å²) < 4.78 is 18.0. The first kappa shape index (κ1) is 24.5. The number of imidazole rings is 1. The number of fused-ring (bicyclic) bond motifs is 3. The van der Waals surface area contributed by atoms with Crippen LogP contribution in [0.2, 0.25) is 0 Å². The van der Waals surface area contributed by atoms with E-state index in [-0.39, 0.29) is 23.9 Å². The first-order chi connectivity index (χ1) is 17.7. The van der Waals surface area contributed by atoms with Crippen molar-refractivity contribution in [1.82, 2.24) is 20.0 Å². The first-order valence-corrected chi connectivity index (χ1v) is 12.0. The zero-order valence-electron chi connectivity index (χ0n) is 20.5. The van der Waals surface area contributed by atoms with Gasteiger partial charge >= 0.3 is 0 Å². The highest BCUT2D eigenvalue weighted by Crippen LogP contribution is 2.34. The summed E-state index contributed by atoms with van der Waals surface area (Å²) in [7, 11) is 0. The van der Waals surface area contributed by atoms with E-state index in [9.17, 15) is 14.7 Å². The molecule has 37 heavy (non-hydrogen) atoms. The van der Waals surface area contributed by atoms with E-state index in [0.717, 1.165) is 6.42 Å². The van der Waals surface area contributed by atoms with Crippen LogP contribution < -0.4 is 15.8 Å². The van der Waals surface area contributed by atoms with Crippen molar-refractivity contribution in [3.63, 3.8) is 0 Å². The molecule has 4 N–H and O–H groups in total. The molecule has 3 aromatic rings. The average molecular weight is 506 g/mol. The summed E-state index contributed by atoms with van der Waals surface area (Å²) in [5, 5.41) is 17.5. The van der Waals surface area contributed by atoms with E-state index in [0.29, 0.717) is 60.5 Å². The van der Waals surface area contributed by atoms with Gasteiger partial charge in [0, 0.05) is 30.7 Å². The lowest BCUT2D eigenvalue weighted by molar-refractivity contribution is 0.0918. The lowest BCUT2D eigenvalue weighted by Crippen LogP contribution is -2.33.